The summed E-state index contributed by atoms with van der Waals surface area (Å²) in [4.78, 5) is 32.3. The lowest BCUT2D eigenvalue weighted by molar-refractivity contribution is -0.130. The molecule has 3 amide bonds. The predicted molar refractivity (Wildman–Crippen MR) is 134 cm³/mol. The number of amides is 3. The predicted octanol–water partition coefficient (Wildman–Crippen LogP) is 4.24. The first-order valence-electron chi connectivity index (χ1n) is 11.9. The van der Waals surface area contributed by atoms with E-state index in [-0.39, 0.29) is 17.9 Å². The number of unbranched alkanes of at least 4 members (excludes halogenated alkanes) is 1. The quantitative estimate of drug-likeness (QED) is 0.481. The maximum absolute atomic E-state index is 14.1. The van der Waals surface area contributed by atoms with Gasteiger partial charge in [0.2, 0.25) is 5.91 Å². The lowest BCUT2D eigenvalue weighted by Gasteiger charge is -2.48. The molecule has 3 aromatic rings. The number of carbonyl (C=O) groups is 2. The largest absolute Gasteiger partial charge is 0.352 e. The van der Waals surface area contributed by atoms with E-state index in [0.717, 1.165) is 41.0 Å². The molecule has 0 radical (unpaired) electrons. The second-order valence-electron chi connectivity index (χ2n) is 9.40. The standard InChI is InChI=1S/C26H27ClN6O2/c1-16(30-25(29)35)18-10-11-26(18)19-6-2-3-7-21(19)33(24(26)34)15-23-31-20-14-17(27)8-9-22(20)32(23)13-5-4-12-28/h2-3,6-9,14,16,18H,4-5,10-11,13,15H2,1H3,(H3,29,30,35)/t16?,18?,26-/m1/s1. The highest BCUT2D eigenvalue weighted by molar-refractivity contribution is 6.31. The fourth-order valence-electron chi connectivity index (χ4n) is 5.89. The Bertz CT molecular complexity index is 1360. The first-order valence-corrected chi connectivity index (χ1v) is 12.2. The number of halogens is 1. The third kappa shape index (κ3) is 3.71. The molecule has 2 aromatic carbocycles. The van der Waals surface area contributed by atoms with Gasteiger partial charge in [-0.05, 0) is 61.9 Å². The maximum atomic E-state index is 14.1. The number of imidazole rings is 1. The number of nitrogens with one attached hydrogen (secondary N) is 1. The maximum Gasteiger partial charge on any atom is 0.312 e. The van der Waals surface area contributed by atoms with Crippen molar-refractivity contribution in [2.75, 3.05) is 4.90 Å². The van der Waals surface area contributed by atoms with Crippen LogP contribution in [0.5, 0.6) is 0 Å². The molecule has 1 fully saturated rings. The minimum absolute atomic E-state index is 0.0294. The molecule has 1 aliphatic heterocycles. The van der Waals surface area contributed by atoms with E-state index in [1.54, 1.807) is 0 Å². The van der Waals surface area contributed by atoms with Crippen molar-refractivity contribution in [3.8, 4) is 6.07 Å². The Morgan fingerprint density at radius 2 is 2.17 bits per heavy atom. The molecular weight excluding hydrogens is 464 g/mol. The van der Waals surface area contributed by atoms with Gasteiger partial charge in [-0.25, -0.2) is 9.78 Å². The lowest BCUT2D eigenvalue weighted by atomic mass is 9.55. The Morgan fingerprint density at radius 3 is 2.89 bits per heavy atom. The average molecular weight is 491 g/mol. The molecule has 2 unspecified atom stereocenters. The van der Waals surface area contributed by atoms with Gasteiger partial charge in [0.25, 0.3) is 0 Å². The number of fused-ring (bicyclic) bond motifs is 3. The number of para-hydroxylation sites is 1. The first-order chi connectivity index (χ1) is 16.9. The average Bonchev–Trinajstić information content (AvgIpc) is 3.26. The van der Waals surface area contributed by atoms with Crippen molar-refractivity contribution in [3.05, 3.63) is 58.9 Å². The number of hydrogen-bond donors (Lipinski definition) is 2. The van der Waals surface area contributed by atoms with Crippen LogP contribution in [0.4, 0.5) is 10.5 Å². The molecule has 2 aliphatic rings. The Morgan fingerprint density at radius 1 is 1.37 bits per heavy atom. The molecule has 1 aromatic heterocycles. The summed E-state index contributed by atoms with van der Waals surface area (Å²) in [6.45, 7) is 2.84. The smallest absolute Gasteiger partial charge is 0.312 e. The van der Waals surface area contributed by atoms with Gasteiger partial charge in [-0.1, -0.05) is 29.8 Å². The number of carbonyl (C=O) groups excluding carboxylic acids is 2. The van der Waals surface area contributed by atoms with Crippen LogP contribution in [-0.4, -0.2) is 27.5 Å². The van der Waals surface area contributed by atoms with Gasteiger partial charge in [0.15, 0.2) is 0 Å². The van der Waals surface area contributed by atoms with Crippen LogP contribution in [0.25, 0.3) is 11.0 Å². The highest BCUT2D eigenvalue weighted by Crippen LogP contribution is 2.58. The summed E-state index contributed by atoms with van der Waals surface area (Å²) in [5.41, 5.74) is 8.27. The number of nitriles is 1. The second-order valence-corrected chi connectivity index (χ2v) is 9.83. The van der Waals surface area contributed by atoms with Crippen molar-refractivity contribution in [3.63, 3.8) is 0 Å². The highest BCUT2D eigenvalue weighted by atomic mass is 35.5. The van der Waals surface area contributed by atoms with Crippen LogP contribution in [-0.2, 0) is 23.3 Å². The zero-order valence-corrected chi connectivity index (χ0v) is 20.3. The molecule has 0 bridgehead atoms. The van der Waals surface area contributed by atoms with Crippen LogP contribution < -0.4 is 16.0 Å². The summed E-state index contributed by atoms with van der Waals surface area (Å²) in [7, 11) is 0. The van der Waals surface area contributed by atoms with E-state index in [4.69, 9.17) is 27.6 Å². The number of urea groups is 1. The van der Waals surface area contributed by atoms with Crippen LogP contribution in [0.3, 0.4) is 0 Å². The topological polar surface area (TPSA) is 117 Å². The zero-order chi connectivity index (χ0) is 24.7. The van der Waals surface area contributed by atoms with E-state index < -0.39 is 11.4 Å². The molecule has 5 rings (SSSR count). The molecule has 1 saturated carbocycles. The molecule has 1 spiro atoms. The number of benzene rings is 2. The van der Waals surface area contributed by atoms with Crippen molar-refractivity contribution in [1.82, 2.24) is 14.9 Å². The van der Waals surface area contributed by atoms with Crippen LogP contribution in [0.15, 0.2) is 42.5 Å². The summed E-state index contributed by atoms with van der Waals surface area (Å²) in [5.74, 6) is 0.739. The summed E-state index contributed by atoms with van der Waals surface area (Å²) < 4.78 is 2.08. The molecule has 9 heteroatoms. The SMILES string of the molecule is CC(NC(N)=O)C1CC[C@@]12C(=O)N(Cc1nc3cc(Cl)ccc3n1CCCC#N)c1ccccc12. The van der Waals surface area contributed by atoms with Gasteiger partial charge < -0.3 is 20.5 Å². The minimum atomic E-state index is -0.681. The number of primary amides is 1. The van der Waals surface area contributed by atoms with Gasteiger partial charge >= 0.3 is 6.03 Å². The Balaban J connectivity index is 1.53. The zero-order valence-electron chi connectivity index (χ0n) is 19.5. The van der Waals surface area contributed by atoms with Crippen molar-refractivity contribution in [2.24, 2.45) is 11.7 Å². The normalized spacial score (nSPS) is 21.6. The molecule has 1 aliphatic carbocycles. The lowest BCUT2D eigenvalue weighted by Crippen LogP contribution is -2.59. The van der Waals surface area contributed by atoms with E-state index in [1.165, 1.54) is 0 Å². The Kier molecular flexibility index (Phi) is 5.89. The minimum Gasteiger partial charge on any atom is -0.352 e. The highest BCUT2D eigenvalue weighted by Gasteiger charge is 2.61. The molecule has 0 saturated heterocycles. The fourth-order valence-corrected chi connectivity index (χ4v) is 6.06. The second kappa shape index (κ2) is 8.90. The number of nitrogens with zero attached hydrogens (tertiary/aromatic N) is 4. The van der Waals surface area contributed by atoms with Crippen molar-refractivity contribution in [2.45, 2.75) is 57.2 Å². The Labute approximate surface area is 208 Å². The van der Waals surface area contributed by atoms with Gasteiger partial charge in [-0.3, -0.25) is 4.79 Å². The number of anilines is 1. The molecule has 180 valence electrons. The van der Waals surface area contributed by atoms with E-state index in [1.807, 2.05) is 54.3 Å². The number of hydrogen-bond acceptors (Lipinski definition) is 4. The summed E-state index contributed by atoms with van der Waals surface area (Å²) in [5, 5.41) is 12.4. The molecule has 35 heavy (non-hydrogen) atoms. The van der Waals surface area contributed by atoms with Crippen LogP contribution in [0, 0.1) is 17.2 Å². The van der Waals surface area contributed by atoms with E-state index in [2.05, 4.69) is 16.0 Å². The first kappa shape index (κ1) is 23.2. The summed E-state index contributed by atoms with van der Waals surface area (Å²) in [6, 6.07) is 14.9. The third-order valence-corrected chi connectivity index (χ3v) is 7.75. The van der Waals surface area contributed by atoms with Crippen molar-refractivity contribution >= 4 is 40.3 Å². The van der Waals surface area contributed by atoms with Crippen LogP contribution in [0.1, 0.15) is 44.0 Å². The molecule has 2 heterocycles. The molecule has 3 N–H and O–H groups in total. The van der Waals surface area contributed by atoms with E-state index >= 15 is 0 Å². The number of aryl methyl sites for hydroxylation is 1. The third-order valence-electron chi connectivity index (χ3n) is 7.52. The van der Waals surface area contributed by atoms with Gasteiger partial charge in [0.1, 0.15) is 5.82 Å². The van der Waals surface area contributed by atoms with Gasteiger partial charge in [0, 0.05) is 29.7 Å². The van der Waals surface area contributed by atoms with Gasteiger partial charge in [0.05, 0.1) is 29.1 Å². The molecule has 8 nitrogen and oxygen atoms in total. The molecule has 3 atom stereocenters. The molecular formula is C26H27ClN6O2. The van der Waals surface area contributed by atoms with E-state index in [0.29, 0.717) is 31.0 Å². The number of rotatable bonds is 7. The number of nitrogens with two attached hydrogens (primary N) is 1. The van der Waals surface area contributed by atoms with Gasteiger partial charge in [-0.15, -0.1) is 0 Å². The van der Waals surface area contributed by atoms with Crippen LogP contribution >= 0.6 is 11.6 Å². The Hall–Kier alpha value is -3.57. The summed E-state index contributed by atoms with van der Waals surface area (Å²) >= 11 is 6.22. The monoisotopic (exact) mass is 490 g/mol. The fraction of sp³-hybridized carbons (Fsp3) is 0.385. The summed E-state index contributed by atoms with van der Waals surface area (Å²) in [6.07, 6.45) is 2.68. The number of aromatic nitrogens is 2. The van der Waals surface area contributed by atoms with Gasteiger partial charge in [-0.2, -0.15) is 5.26 Å². The van der Waals surface area contributed by atoms with Crippen molar-refractivity contribution in [1.29, 1.82) is 5.26 Å². The van der Waals surface area contributed by atoms with Crippen molar-refractivity contribution < 1.29 is 9.59 Å². The van der Waals surface area contributed by atoms with Crippen LogP contribution in [0.2, 0.25) is 5.02 Å². The van der Waals surface area contributed by atoms with E-state index in [9.17, 15) is 9.59 Å².